The predicted octanol–water partition coefficient (Wildman–Crippen LogP) is 2.36. The minimum atomic E-state index is -1.69. The normalized spacial score (nSPS) is 16.3. The third-order valence-corrected chi connectivity index (χ3v) is 5.82. The van der Waals surface area contributed by atoms with Crippen LogP contribution in [0.15, 0.2) is 24.3 Å². The van der Waals surface area contributed by atoms with Crippen molar-refractivity contribution in [2.45, 2.75) is 38.0 Å². The number of nitro benzene ring substituents is 1. The van der Waals surface area contributed by atoms with Gasteiger partial charge in [-0.15, -0.1) is 0 Å². The Labute approximate surface area is 165 Å². The number of fused-ring (bicyclic) bond motifs is 2. The van der Waals surface area contributed by atoms with Crippen molar-refractivity contribution in [2.24, 2.45) is 0 Å². The SMILES string of the molecule is Nc1c2c(c([N+](=O)[O-])c(C3CCCCC3)c1C(=O)[O-])C(=O)c1ccccc1C2=O. The summed E-state index contributed by atoms with van der Waals surface area (Å²) in [6.07, 6.45) is 3.58. The van der Waals surface area contributed by atoms with E-state index in [4.69, 9.17) is 5.73 Å². The van der Waals surface area contributed by atoms with Gasteiger partial charge in [-0.1, -0.05) is 43.5 Å². The van der Waals surface area contributed by atoms with Crippen LogP contribution in [0.4, 0.5) is 11.4 Å². The number of nitrogens with zero attached hydrogens (tertiary/aromatic N) is 1. The molecule has 8 nitrogen and oxygen atoms in total. The number of carboxylic acid groups (broad SMARTS) is 1. The second kappa shape index (κ2) is 6.80. The van der Waals surface area contributed by atoms with Crippen LogP contribution in [0.2, 0.25) is 0 Å². The van der Waals surface area contributed by atoms with Gasteiger partial charge in [0.05, 0.1) is 22.1 Å². The van der Waals surface area contributed by atoms with Gasteiger partial charge in [0, 0.05) is 22.3 Å². The van der Waals surface area contributed by atoms with Crippen LogP contribution in [-0.2, 0) is 0 Å². The third kappa shape index (κ3) is 2.71. The van der Waals surface area contributed by atoms with E-state index in [1.807, 2.05) is 0 Å². The van der Waals surface area contributed by atoms with E-state index in [0.29, 0.717) is 12.8 Å². The van der Waals surface area contributed by atoms with Crippen molar-refractivity contribution in [3.8, 4) is 0 Å². The summed E-state index contributed by atoms with van der Waals surface area (Å²) in [4.78, 5) is 49.5. The van der Waals surface area contributed by atoms with Crippen LogP contribution in [0.1, 0.15) is 85.8 Å². The molecule has 2 aromatic rings. The number of carbonyl (C=O) groups is 3. The number of benzene rings is 2. The van der Waals surface area contributed by atoms with E-state index >= 15 is 0 Å². The zero-order valence-electron chi connectivity index (χ0n) is 15.4. The number of hydrogen-bond donors (Lipinski definition) is 1. The van der Waals surface area contributed by atoms with E-state index in [1.54, 1.807) is 12.1 Å². The molecule has 29 heavy (non-hydrogen) atoms. The predicted molar refractivity (Wildman–Crippen MR) is 101 cm³/mol. The Balaban J connectivity index is 2.13. The number of carboxylic acids is 1. The monoisotopic (exact) mass is 393 g/mol. The standard InChI is InChI=1S/C21H18N2O6/c22-17-14-16(20(25)12-9-5-4-8-11(12)19(14)24)18(23(28)29)13(15(17)21(26)27)10-6-2-1-3-7-10/h4-5,8-10H,1-3,6-7,22H2,(H,26,27)/p-1. The molecule has 0 bridgehead atoms. The molecular weight excluding hydrogens is 376 g/mol. The number of aromatic carboxylic acids is 1. The lowest BCUT2D eigenvalue weighted by Crippen LogP contribution is -2.31. The molecule has 2 aliphatic rings. The van der Waals surface area contributed by atoms with Crippen LogP contribution in [0.5, 0.6) is 0 Å². The Morgan fingerprint density at radius 1 is 1.00 bits per heavy atom. The summed E-state index contributed by atoms with van der Waals surface area (Å²) in [7, 11) is 0. The molecule has 2 aliphatic carbocycles. The Morgan fingerprint density at radius 2 is 1.55 bits per heavy atom. The van der Waals surface area contributed by atoms with E-state index in [2.05, 4.69) is 0 Å². The summed E-state index contributed by atoms with van der Waals surface area (Å²) in [6.45, 7) is 0. The highest BCUT2D eigenvalue weighted by Crippen LogP contribution is 2.47. The van der Waals surface area contributed by atoms with E-state index in [0.717, 1.165) is 19.3 Å². The number of rotatable bonds is 3. The van der Waals surface area contributed by atoms with Crippen molar-refractivity contribution in [3.05, 3.63) is 67.8 Å². The second-order valence-corrected chi connectivity index (χ2v) is 7.38. The molecule has 148 valence electrons. The van der Waals surface area contributed by atoms with E-state index < -0.39 is 56.4 Å². The fourth-order valence-corrected chi connectivity index (χ4v) is 4.58. The van der Waals surface area contributed by atoms with Gasteiger partial charge in [-0.2, -0.15) is 0 Å². The third-order valence-electron chi connectivity index (χ3n) is 5.82. The summed E-state index contributed by atoms with van der Waals surface area (Å²) >= 11 is 0. The lowest BCUT2D eigenvalue weighted by molar-refractivity contribution is -0.386. The van der Waals surface area contributed by atoms with Gasteiger partial charge in [0.1, 0.15) is 5.56 Å². The van der Waals surface area contributed by atoms with Crippen molar-refractivity contribution in [3.63, 3.8) is 0 Å². The summed E-state index contributed by atoms with van der Waals surface area (Å²) in [5, 5.41) is 24.0. The van der Waals surface area contributed by atoms with Crippen LogP contribution in [0.25, 0.3) is 0 Å². The Hall–Kier alpha value is -3.55. The maximum atomic E-state index is 13.2. The topological polar surface area (TPSA) is 143 Å². The molecule has 4 rings (SSSR count). The zero-order chi connectivity index (χ0) is 20.9. The first-order chi connectivity index (χ1) is 13.8. The molecule has 1 saturated carbocycles. The maximum absolute atomic E-state index is 13.2. The summed E-state index contributed by atoms with van der Waals surface area (Å²) in [6, 6.07) is 5.94. The quantitative estimate of drug-likeness (QED) is 0.408. The molecule has 2 N–H and O–H groups in total. The fraction of sp³-hybridized carbons (Fsp3) is 0.286. The minimum Gasteiger partial charge on any atom is -0.545 e. The average Bonchev–Trinajstić information content (AvgIpc) is 2.71. The largest absolute Gasteiger partial charge is 0.545 e. The van der Waals surface area contributed by atoms with Gasteiger partial charge in [-0.05, 0) is 18.8 Å². The summed E-state index contributed by atoms with van der Waals surface area (Å²) < 4.78 is 0. The highest BCUT2D eigenvalue weighted by atomic mass is 16.6. The van der Waals surface area contributed by atoms with Crippen LogP contribution in [0.3, 0.4) is 0 Å². The number of ketones is 2. The summed E-state index contributed by atoms with van der Waals surface area (Å²) in [5.74, 6) is -3.53. The van der Waals surface area contributed by atoms with E-state index in [-0.39, 0.29) is 16.7 Å². The van der Waals surface area contributed by atoms with Crippen molar-refractivity contribution < 1.29 is 24.4 Å². The van der Waals surface area contributed by atoms with Crippen LogP contribution in [-0.4, -0.2) is 22.5 Å². The molecule has 0 saturated heterocycles. The number of nitro groups is 1. The summed E-state index contributed by atoms with van der Waals surface area (Å²) in [5.41, 5.74) is 3.64. The number of anilines is 1. The first-order valence-electron chi connectivity index (χ1n) is 9.38. The zero-order valence-corrected chi connectivity index (χ0v) is 15.4. The van der Waals surface area contributed by atoms with Crippen LogP contribution < -0.4 is 10.8 Å². The number of nitrogen functional groups attached to an aromatic ring is 1. The van der Waals surface area contributed by atoms with Crippen molar-refractivity contribution in [1.82, 2.24) is 0 Å². The molecule has 0 aliphatic heterocycles. The molecular formula is C21H17N2O6-. The Bertz CT molecular complexity index is 1100. The van der Waals surface area contributed by atoms with Gasteiger partial charge in [0.25, 0.3) is 5.69 Å². The van der Waals surface area contributed by atoms with Gasteiger partial charge in [-0.3, -0.25) is 19.7 Å². The number of carbonyl (C=O) groups excluding carboxylic acids is 3. The second-order valence-electron chi connectivity index (χ2n) is 7.38. The maximum Gasteiger partial charge on any atom is 0.285 e. The molecule has 0 amide bonds. The smallest absolute Gasteiger partial charge is 0.285 e. The van der Waals surface area contributed by atoms with Crippen molar-refractivity contribution >= 4 is 28.9 Å². The number of nitrogens with two attached hydrogens (primary N) is 1. The Kier molecular flexibility index (Phi) is 4.41. The average molecular weight is 393 g/mol. The lowest BCUT2D eigenvalue weighted by Gasteiger charge is -2.29. The van der Waals surface area contributed by atoms with Gasteiger partial charge in [0.15, 0.2) is 5.78 Å². The van der Waals surface area contributed by atoms with E-state index in [9.17, 15) is 29.6 Å². The molecule has 0 spiro atoms. The lowest BCUT2D eigenvalue weighted by atomic mass is 9.74. The molecule has 0 unspecified atom stereocenters. The molecule has 0 heterocycles. The Morgan fingerprint density at radius 3 is 2.07 bits per heavy atom. The van der Waals surface area contributed by atoms with Crippen molar-refractivity contribution in [1.29, 1.82) is 0 Å². The van der Waals surface area contributed by atoms with Gasteiger partial charge < -0.3 is 15.6 Å². The minimum absolute atomic E-state index is 0.0423. The molecule has 0 atom stereocenters. The highest BCUT2D eigenvalue weighted by Gasteiger charge is 2.42. The van der Waals surface area contributed by atoms with Crippen LogP contribution in [0, 0.1) is 10.1 Å². The van der Waals surface area contributed by atoms with Crippen molar-refractivity contribution in [2.75, 3.05) is 5.73 Å². The first-order valence-corrected chi connectivity index (χ1v) is 9.38. The van der Waals surface area contributed by atoms with Gasteiger partial charge >= 0.3 is 0 Å². The molecule has 8 heteroatoms. The van der Waals surface area contributed by atoms with Gasteiger partial charge in [0.2, 0.25) is 5.78 Å². The van der Waals surface area contributed by atoms with Crippen LogP contribution >= 0.6 is 0 Å². The molecule has 0 radical (unpaired) electrons. The number of hydrogen-bond acceptors (Lipinski definition) is 7. The molecule has 0 aromatic heterocycles. The first kappa shape index (κ1) is 18.8. The fourth-order valence-electron chi connectivity index (χ4n) is 4.58. The van der Waals surface area contributed by atoms with E-state index in [1.165, 1.54) is 12.1 Å². The molecule has 2 aromatic carbocycles. The van der Waals surface area contributed by atoms with Gasteiger partial charge in [-0.25, -0.2) is 0 Å². The molecule has 1 fully saturated rings. The highest BCUT2D eigenvalue weighted by molar-refractivity contribution is 6.32.